The van der Waals surface area contributed by atoms with E-state index in [9.17, 15) is 22.0 Å². The maximum absolute atomic E-state index is 13.0. The van der Waals surface area contributed by atoms with Crippen LogP contribution in [0.1, 0.15) is 11.1 Å². The van der Waals surface area contributed by atoms with Gasteiger partial charge in [-0.15, -0.1) is 0 Å². The van der Waals surface area contributed by atoms with E-state index in [1.807, 2.05) is 0 Å². The van der Waals surface area contributed by atoms with Gasteiger partial charge in [-0.2, -0.15) is 0 Å². The number of rotatable bonds is 5. The number of hydrogen-bond donors (Lipinski definition) is 1. The fraction of sp³-hybridized carbons (Fsp3) is 0.200. The molecule has 112 valence electrons. The Morgan fingerprint density at radius 3 is 1.86 bits per heavy atom. The van der Waals surface area contributed by atoms with Gasteiger partial charge in [0.1, 0.15) is 11.6 Å². The van der Waals surface area contributed by atoms with Crippen LogP contribution in [0, 0.1) is 29.1 Å². The van der Waals surface area contributed by atoms with Crippen LogP contribution in [0.5, 0.6) is 0 Å². The van der Waals surface area contributed by atoms with Gasteiger partial charge in [-0.1, -0.05) is 0 Å². The van der Waals surface area contributed by atoms with Crippen molar-refractivity contribution in [1.29, 1.82) is 0 Å². The second kappa shape index (κ2) is 6.67. The molecule has 0 amide bonds. The molecule has 1 nitrogen and oxygen atoms in total. The first-order valence-corrected chi connectivity index (χ1v) is 6.25. The normalized spacial score (nSPS) is 10.9. The topological polar surface area (TPSA) is 12.0 Å². The monoisotopic (exact) mass is 301 g/mol. The minimum Gasteiger partial charge on any atom is -0.312 e. The Kier molecular flexibility index (Phi) is 4.90. The van der Waals surface area contributed by atoms with Crippen LogP contribution in [0.2, 0.25) is 0 Å². The molecule has 6 heteroatoms. The molecule has 0 spiro atoms. The standard InChI is InChI=1S/C15H12F5N/c16-11-3-9(4-12(17)7-11)1-2-21-8-10-5-13(18)15(20)14(19)6-10/h3-7,21H,1-2,8H2. The maximum Gasteiger partial charge on any atom is 0.194 e. The third kappa shape index (κ3) is 4.26. The lowest BCUT2D eigenvalue weighted by molar-refractivity contribution is 0.444. The highest BCUT2D eigenvalue weighted by Gasteiger charge is 2.10. The molecule has 0 atom stereocenters. The summed E-state index contributed by atoms with van der Waals surface area (Å²) in [6.45, 7) is 0.468. The molecule has 1 N–H and O–H groups in total. The van der Waals surface area contributed by atoms with E-state index in [2.05, 4.69) is 5.32 Å². The summed E-state index contributed by atoms with van der Waals surface area (Å²) in [4.78, 5) is 0. The molecular weight excluding hydrogens is 289 g/mol. The molecule has 0 unspecified atom stereocenters. The van der Waals surface area contributed by atoms with Gasteiger partial charge in [-0.3, -0.25) is 0 Å². The Morgan fingerprint density at radius 1 is 0.714 bits per heavy atom. The first-order valence-electron chi connectivity index (χ1n) is 6.25. The quantitative estimate of drug-likeness (QED) is 0.504. The van der Waals surface area contributed by atoms with E-state index in [0.29, 0.717) is 18.5 Å². The fourth-order valence-corrected chi connectivity index (χ4v) is 1.93. The molecule has 0 radical (unpaired) electrons. The van der Waals surface area contributed by atoms with E-state index < -0.39 is 29.1 Å². The van der Waals surface area contributed by atoms with Crippen molar-refractivity contribution in [2.24, 2.45) is 0 Å². The van der Waals surface area contributed by atoms with Crippen LogP contribution in [-0.2, 0) is 13.0 Å². The summed E-state index contributed by atoms with van der Waals surface area (Å²) in [7, 11) is 0. The van der Waals surface area contributed by atoms with Crippen molar-refractivity contribution in [2.45, 2.75) is 13.0 Å². The van der Waals surface area contributed by atoms with Crippen molar-refractivity contribution < 1.29 is 22.0 Å². The molecule has 2 aromatic carbocycles. The molecule has 0 aliphatic heterocycles. The zero-order valence-electron chi connectivity index (χ0n) is 10.9. The fourth-order valence-electron chi connectivity index (χ4n) is 1.93. The number of benzene rings is 2. The van der Waals surface area contributed by atoms with Crippen LogP contribution in [0.15, 0.2) is 30.3 Å². The summed E-state index contributed by atoms with van der Waals surface area (Å²) in [5, 5.41) is 2.86. The lowest BCUT2D eigenvalue weighted by Crippen LogP contribution is -2.17. The molecule has 2 rings (SSSR count). The molecule has 0 fully saturated rings. The third-order valence-electron chi connectivity index (χ3n) is 2.89. The van der Waals surface area contributed by atoms with Crippen molar-refractivity contribution in [3.05, 3.63) is 70.5 Å². The van der Waals surface area contributed by atoms with Crippen molar-refractivity contribution in [3.8, 4) is 0 Å². The largest absolute Gasteiger partial charge is 0.312 e. The minimum atomic E-state index is -1.51. The zero-order valence-corrected chi connectivity index (χ0v) is 10.9. The number of hydrogen-bond acceptors (Lipinski definition) is 1. The summed E-state index contributed by atoms with van der Waals surface area (Å²) in [6, 6.07) is 4.99. The highest BCUT2D eigenvalue weighted by Crippen LogP contribution is 2.13. The van der Waals surface area contributed by atoms with Crippen molar-refractivity contribution in [2.75, 3.05) is 6.54 Å². The van der Waals surface area contributed by atoms with E-state index >= 15 is 0 Å². The first kappa shape index (κ1) is 15.4. The van der Waals surface area contributed by atoms with Gasteiger partial charge in [0.05, 0.1) is 0 Å². The second-order valence-corrected chi connectivity index (χ2v) is 4.58. The maximum atomic E-state index is 13.0. The van der Waals surface area contributed by atoms with Crippen molar-refractivity contribution >= 4 is 0 Å². The lowest BCUT2D eigenvalue weighted by Gasteiger charge is -2.07. The van der Waals surface area contributed by atoms with E-state index in [0.717, 1.165) is 18.2 Å². The third-order valence-corrected chi connectivity index (χ3v) is 2.89. The molecule has 0 aliphatic carbocycles. The van der Waals surface area contributed by atoms with Crippen LogP contribution in [0.4, 0.5) is 22.0 Å². The van der Waals surface area contributed by atoms with Gasteiger partial charge in [0.2, 0.25) is 0 Å². The van der Waals surface area contributed by atoms with Crippen LogP contribution < -0.4 is 5.32 Å². The Hall–Kier alpha value is -1.95. The number of halogens is 5. The SMILES string of the molecule is Fc1cc(F)cc(CCNCc2cc(F)c(F)c(F)c2)c1. The summed E-state index contributed by atoms with van der Waals surface area (Å²) in [5.74, 6) is -5.33. The van der Waals surface area contributed by atoms with Gasteiger partial charge in [-0.05, 0) is 48.4 Å². The molecule has 21 heavy (non-hydrogen) atoms. The Bertz CT molecular complexity index is 599. The second-order valence-electron chi connectivity index (χ2n) is 4.58. The van der Waals surface area contributed by atoms with Crippen molar-refractivity contribution in [1.82, 2.24) is 5.32 Å². The molecule has 0 bridgehead atoms. The molecule has 0 saturated heterocycles. The molecule has 0 aliphatic rings. The average molecular weight is 301 g/mol. The van der Waals surface area contributed by atoms with Crippen LogP contribution in [0.25, 0.3) is 0 Å². The van der Waals surface area contributed by atoms with Crippen LogP contribution in [-0.4, -0.2) is 6.54 Å². The smallest absolute Gasteiger partial charge is 0.194 e. The molecule has 0 aromatic heterocycles. The van der Waals surface area contributed by atoms with Gasteiger partial charge < -0.3 is 5.32 Å². The Labute approximate surface area is 118 Å². The highest BCUT2D eigenvalue weighted by atomic mass is 19.2. The van der Waals surface area contributed by atoms with Crippen LogP contribution >= 0.6 is 0 Å². The predicted octanol–water partition coefficient (Wildman–Crippen LogP) is 3.71. The van der Waals surface area contributed by atoms with Gasteiger partial charge in [0.15, 0.2) is 17.5 Å². The van der Waals surface area contributed by atoms with Gasteiger partial charge in [-0.25, -0.2) is 22.0 Å². The average Bonchev–Trinajstić information content (AvgIpc) is 2.40. The van der Waals surface area contributed by atoms with Gasteiger partial charge >= 0.3 is 0 Å². The van der Waals surface area contributed by atoms with Gasteiger partial charge in [0, 0.05) is 12.6 Å². The minimum absolute atomic E-state index is 0.117. The summed E-state index contributed by atoms with van der Waals surface area (Å²) in [5.41, 5.74) is 0.716. The van der Waals surface area contributed by atoms with E-state index in [1.54, 1.807) is 0 Å². The number of nitrogens with one attached hydrogen (secondary N) is 1. The van der Waals surface area contributed by atoms with Crippen LogP contribution in [0.3, 0.4) is 0 Å². The summed E-state index contributed by atoms with van der Waals surface area (Å²) >= 11 is 0. The Morgan fingerprint density at radius 2 is 1.29 bits per heavy atom. The zero-order chi connectivity index (χ0) is 15.4. The Balaban J connectivity index is 1.87. The summed E-state index contributed by atoms with van der Waals surface area (Å²) < 4.78 is 64.6. The van der Waals surface area contributed by atoms with Gasteiger partial charge in [0.25, 0.3) is 0 Å². The molecule has 2 aromatic rings. The lowest BCUT2D eigenvalue weighted by atomic mass is 10.1. The van der Waals surface area contributed by atoms with E-state index in [4.69, 9.17) is 0 Å². The first-order chi connectivity index (χ1) is 9.95. The predicted molar refractivity (Wildman–Crippen MR) is 68.1 cm³/mol. The molecular formula is C15H12F5N. The highest BCUT2D eigenvalue weighted by molar-refractivity contribution is 5.20. The molecule has 0 saturated carbocycles. The van der Waals surface area contributed by atoms with Crippen molar-refractivity contribution in [3.63, 3.8) is 0 Å². The van der Waals surface area contributed by atoms with E-state index in [-0.39, 0.29) is 12.1 Å². The van der Waals surface area contributed by atoms with E-state index in [1.165, 1.54) is 12.1 Å². The summed E-state index contributed by atoms with van der Waals surface area (Å²) in [6.07, 6.45) is 0.348. The molecule has 0 heterocycles.